The normalized spacial score (nSPS) is 12.8. The summed E-state index contributed by atoms with van der Waals surface area (Å²) in [4.78, 5) is 24.5. The molecule has 0 fully saturated rings. The number of quaternary nitrogens is 2. The van der Waals surface area contributed by atoms with Gasteiger partial charge in [0.25, 0.3) is 0 Å². The molecule has 0 aromatic carbocycles. The van der Waals surface area contributed by atoms with Gasteiger partial charge in [0.05, 0.1) is 48.9 Å². The quantitative estimate of drug-likeness (QED) is 0.0480. The standard InChI is InChI=1S/C35H72N2O5/c1-8-9-10-11-12-13-14-15-16-17-18-19-20-21-22-23-24-25-26-27-28-40-31-33(42-35(39)30-37(5,6)7)32-41-34(38)29-36(2,3)4/h33H,8-32H2,1-7H3/q+2. The third-order valence-electron chi connectivity index (χ3n) is 7.38. The van der Waals surface area contributed by atoms with Crippen LogP contribution >= 0.6 is 0 Å². The van der Waals surface area contributed by atoms with Gasteiger partial charge in [-0.25, -0.2) is 9.59 Å². The minimum absolute atomic E-state index is 0.0287. The molecule has 0 saturated heterocycles. The summed E-state index contributed by atoms with van der Waals surface area (Å²) >= 11 is 0. The van der Waals surface area contributed by atoms with E-state index in [9.17, 15) is 9.59 Å². The first-order chi connectivity index (χ1) is 19.9. The minimum atomic E-state index is -0.578. The molecule has 250 valence electrons. The number of carbonyl (C=O) groups is 2. The number of hydrogen-bond acceptors (Lipinski definition) is 5. The summed E-state index contributed by atoms with van der Waals surface area (Å²) in [5, 5.41) is 0. The third kappa shape index (κ3) is 31.7. The van der Waals surface area contributed by atoms with Crippen LogP contribution in [0.25, 0.3) is 0 Å². The Bertz CT molecular complexity index is 642. The SMILES string of the molecule is CCCCCCCCCCCCCCCCCCCCCCOCC(COC(=O)C[N+](C)(C)C)OC(=O)C[N+](C)(C)C. The first-order valence-electron chi connectivity index (χ1n) is 17.5. The molecule has 0 aliphatic heterocycles. The highest BCUT2D eigenvalue weighted by molar-refractivity contribution is 5.71. The van der Waals surface area contributed by atoms with E-state index >= 15 is 0 Å². The molecule has 0 amide bonds. The lowest BCUT2D eigenvalue weighted by Crippen LogP contribution is -2.43. The molecule has 0 radical (unpaired) electrons. The monoisotopic (exact) mass is 601 g/mol. The second kappa shape index (κ2) is 26.2. The number of carbonyl (C=O) groups excluding carboxylic acids is 2. The fraction of sp³-hybridized carbons (Fsp3) is 0.943. The van der Waals surface area contributed by atoms with Gasteiger partial charge in [0.2, 0.25) is 0 Å². The molecular weight excluding hydrogens is 528 g/mol. The number of nitrogens with zero attached hydrogens (tertiary/aromatic N) is 2. The minimum Gasteiger partial charge on any atom is -0.457 e. The van der Waals surface area contributed by atoms with Crippen LogP contribution in [0.1, 0.15) is 135 Å². The molecule has 0 bridgehead atoms. The first-order valence-corrected chi connectivity index (χ1v) is 17.5. The van der Waals surface area contributed by atoms with Gasteiger partial charge in [-0.05, 0) is 6.42 Å². The first kappa shape index (κ1) is 40.8. The summed E-state index contributed by atoms with van der Waals surface area (Å²) in [7, 11) is 11.6. The average molecular weight is 601 g/mol. The third-order valence-corrected chi connectivity index (χ3v) is 7.38. The van der Waals surface area contributed by atoms with Crippen molar-refractivity contribution in [3.8, 4) is 0 Å². The Kier molecular flexibility index (Phi) is 25.5. The van der Waals surface area contributed by atoms with Crippen molar-refractivity contribution in [3.63, 3.8) is 0 Å². The Morgan fingerprint density at radius 1 is 0.500 bits per heavy atom. The lowest BCUT2D eigenvalue weighted by atomic mass is 10.0. The van der Waals surface area contributed by atoms with Gasteiger partial charge in [-0.15, -0.1) is 0 Å². The maximum absolute atomic E-state index is 12.3. The van der Waals surface area contributed by atoms with Crippen molar-refractivity contribution in [2.75, 3.05) is 75.2 Å². The van der Waals surface area contributed by atoms with E-state index in [1.54, 1.807) is 0 Å². The lowest BCUT2D eigenvalue weighted by Gasteiger charge is -2.25. The number of ether oxygens (including phenoxy) is 3. The van der Waals surface area contributed by atoms with Crippen molar-refractivity contribution in [1.29, 1.82) is 0 Å². The predicted octanol–water partition coefficient (Wildman–Crippen LogP) is 7.69. The Hall–Kier alpha value is -1.18. The van der Waals surface area contributed by atoms with E-state index < -0.39 is 6.10 Å². The molecule has 0 heterocycles. The van der Waals surface area contributed by atoms with Gasteiger partial charge >= 0.3 is 11.9 Å². The Balaban J connectivity index is 3.75. The summed E-state index contributed by atoms with van der Waals surface area (Å²) in [5.41, 5.74) is 0. The molecule has 7 heteroatoms. The van der Waals surface area contributed by atoms with Gasteiger partial charge in [0.1, 0.15) is 6.61 Å². The van der Waals surface area contributed by atoms with Crippen LogP contribution in [-0.2, 0) is 23.8 Å². The number of hydrogen-bond donors (Lipinski definition) is 0. The summed E-state index contributed by atoms with van der Waals surface area (Å²) in [5.74, 6) is -0.609. The van der Waals surface area contributed by atoms with E-state index in [2.05, 4.69) is 6.92 Å². The number of unbranched alkanes of at least 4 members (excludes halogenated alkanes) is 19. The smallest absolute Gasteiger partial charge is 0.362 e. The molecule has 0 aromatic rings. The van der Waals surface area contributed by atoms with E-state index in [-0.39, 0.29) is 38.2 Å². The Morgan fingerprint density at radius 2 is 0.857 bits per heavy atom. The summed E-state index contributed by atoms with van der Waals surface area (Å²) in [6.45, 7) is 3.72. The summed E-state index contributed by atoms with van der Waals surface area (Å²) in [6.07, 6.45) is 26.7. The van der Waals surface area contributed by atoms with Crippen molar-refractivity contribution in [2.45, 2.75) is 141 Å². The molecule has 1 unspecified atom stereocenters. The number of rotatable bonds is 30. The summed E-state index contributed by atoms with van der Waals surface area (Å²) in [6, 6.07) is 0. The van der Waals surface area contributed by atoms with Gasteiger partial charge in [-0.2, -0.15) is 0 Å². The lowest BCUT2D eigenvalue weighted by molar-refractivity contribution is -0.863. The number of esters is 2. The highest BCUT2D eigenvalue weighted by Gasteiger charge is 2.23. The van der Waals surface area contributed by atoms with Crippen LogP contribution in [-0.4, -0.2) is 102 Å². The molecule has 0 aromatic heterocycles. The average Bonchev–Trinajstić information content (AvgIpc) is 2.88. The Morgan fingerprint density at radius 3 is 1.24 bits per heavy atom. The van der Waals surface area contributed by atoms with Gasteiger partial charge in [-0.3, -0.25) is 0 Å². The van der Waals surface area contributed by atoms with Crippen LogP contribution < -0.4 is 0 Å². The molecular formula is C35H72N2O5+2. The van der Waals surface area contributed by atoms with E-state index in [1.165, 1.54) is 116 Å². The fourth-order valence-corrected chi connectivity index (χ4v) is 5.02. The van der Waals surface area contributed by atoms with E-state index in [1.807, 2.05) is 42.3 Å². The van der Waals surface area contributed by atoms with Crippen LogP contribution in [0.15, 0.2) is 0 Å². The largest absolute Gasteiger partial charge is 0.457 e. The van der Waals surface area contributed by atoms with Gasteiger partial charge < -0.3 is 23.2 Å². The second-order valence-corrected chi connectivity index (χ2v) is 14.5. The van der Waals surface area contributed by atoms with E-state index in [0.717, 1.165) is 12.8 Å². The van der Waals surface area contributed by atoms with Gasteiger partial charge in [0, 0.05) is 6.61 Å². The number of likely N-dealkylation sites (N-methyl/N-ethyl adjacent to an activating group) is 2. The zero-order valence-electron chi connectivity index (χ0n) is 29.2. The molecule has 0 rings (SSSR count). The molecule has 0 aliphatic rings. The van der Waals surface area contributed by atoms with Crippen LogP contribution in [0, 0.1) is 0 Å². The maximum atomic E-state index is 12.3. The molecule has 7 nitrogen and oxygen atoms in total. The molecule has 0 N–H and O–H groups in total. The van der Waals surface area contributed by atoms with Crippen molar-refractivity contribution >= 4 is 11.9 Å². The van der Waals surface area contributed by atoms with Crippen molar-refractivity contribution in [1.82, 2.24) is 0 Å². The summed E-state index contributed by atoms with van der Waals surface area (Å²) < 4.78 is 17.8. The Labute approximate surface area is 261 Å². The highest BCUT2D eigenvalue weighted by atomic mass is 16.6. The zero-order valence-corrected chi connectivity index (χ0v) is 29.2. The molecule has 42 heavy (non-hydrogen) atoms. The van der Waals surface area contributed by atoms with Gasteiger partial charge in [0.15, 0.2) is 19.2 Å². The molecule has 0 saturated carbocycles. The van der Waals surface area contributed by atoms with Crippen molar-refractivity contribution in [2.24, 2.45) is 0 Å². The highest BCUT2D eigenvalue weighted by Crippen LogP contribution is 2.15. The topological polar surface area (TPSA) is 61.8 Å². The van der Waals surface area contributed by atoms with E-state index in [0.29, 0.717) is 15.6 Å². The van der Waals surface area contributed by atoms with Crippen LogP contribution in [0.2, 0.25) is 0 Å². The van der Waals surface area contributed by atoms with Crippen LogP contribution in [0.3, 0.4) is 0 Å². The van der Waals surface area contributed by atoms with E-state index in [4.69, 9.17) is 14.2 Å². The van der Waals surface area contributed by atoms with Crippen molar-refractivity contribution in [3.05, 3.63) is 0 Å². The molecule has 1 atom stereocenters. The maximum Gasteiger partial charge on any atom is 0.362 e. The predicted molar refractivity (Wildman–Crippen MR) is 175 cm³/mol. The van der Waals surface area contributed by atoms with Crippen LogP contribution in [0.5, 0.6) is 0 Å². The molecule has 0 aliphatic carbocycles. The van der Waals surface area contributed by atoms with Crippen molar-refractivity contribution < 1.29 is 32.8 Å². The molecule has 0 spiro atoms. The second-order valence-electron chi connectivity index (χ2n) is 14.5. The van der Waals surface area contributed by atoms with Gasteiger partial charge in [-0.1, -0.05) is 129 Å². The fourth-order valence-electron chi connectivity index (χ4n) is 5.02. The van der Waals surface area contributed by atoms with Crippen LogP contribution in [0.4, 0.5) is 0 Å². The zero-order chi connectivity index (χ0) is 31.5.